The lowest BCUT2D eigenvalue weighted by molar-refractivity contribution is -0.383. The standard InChI is InChI=1S/C29H38N6O5/c1-19(2)16-21(17-30-23-11-12-24(35(37)38)28-27(23)32-40-33-28)6-5-7-26(36)22-10-13-25(34-14-3-4-15-34)29(31-22)39-18-20-8-9-20/h10-13,19-21,30H,3-9,14-18H2,1-2H3. The van der Waals surface area contributed by atoms with E-state index in [4.69, 9.17) is 9.37 Å². The second-order valence-electron chi connectivity index (χ2n) is 11.5. The number of Topliss-reactive ketones (excluding diaryl/α,β-unsaturated/α-hetero) is 1. The number of carbonyl (C=O) groups excluding carboxylic acids is 1. The van der Waals surface area contributed by atoms with Crippen LogP contribution in [0.1, 0.15) is 75.7 Å². The van der Waals surface area contributed by atoms with Crippen LogP contribution in [0, 0.1) is 27.9 Å². The number of benzene rings is 1. The Morgan fingerprint density at radius 3 is 2.67 bits per heavy atom. The quantitative estimate of drug-likeness (QED) is 0.135. The van der Waals surface area contributed by atoms with Gasteiger partial charge in [0.2, 0.25) is 11.4 Å². The topological polar surface area (TPSA) is 137 Å². The number of hydrogen-bond donors (Lipinski definition) is 1. The molecular formula is C29H38N6O5. The minimum atomic E-state index is -0.494. The highest BCUT2D eigenvalue weighted by atomic mass is 16.6. The number of nitro groups is 1. The molecule has 11 nitrogen and oxygen atoms in total. The summed E-state index contributed by atoms with van der Waals surface area (Å²) in [7, 11) is 0. The van der Waals surface area contributed by atoms with Crippen LogP contribution in [0.4, 0.5) is 17.1 Å². The molecule has 1 N–H and O–H groups in total. The molecule has 0 radical (unpaired) electrons. The van der Waals surface area contributed by atoms with E-state index < -0.39 is 4.92 Å². The molecule has 2 fully saturated rings. The number of nitro benzene ring substituents is 1. The van der Waals surface area contributed by atoms with Crippen LogP contribution in [0.5, 0.6) is 5.88 Å². The molecule has 40 heavy (non-hydrogen) atoms. The highest BCUT2D eigenvalue weighted by molar-refractivity contribution is 5.95. The largest absolute Gasteiger partial charge is 0.476 e. The molecule has 1 aliphatic heterocycles. The summed E-state index contributed by atoms with van der Waals surface area (Å²) < 4.78 is 10.9. The third-order valence-corrected chi connectivity index (χ3v) is 7.72. The third kappa shape index (κ3) is 6.86. The first-order valence-electron chi connectivity index (χ1n) is 14.4. The van der Waals surface area contributed by atoms with Crippen molar-refractivity contribution >= 4 is 33.9 Å². The zero-order chi connectivity index (χ0) is 28.1. The SMILES string of the molecule is CC(C)CC(CCCC(=O)c1ccc(N2CCCC2)c(OCC2CC2)n1)CNc1ccc([N+](=O)[O-])c2nonc12. The van der Waals surface area contributed by atoms with Crippen molar-refractivity contribution in [2.75, 3.05) is 36.5 Å². The smallest absolute Gasteiger partial charge is 0.300 e. The average molecular weight is 551 g/mol. The zero-order valence-corrected chi connectivity index (χ0v) is 23.3. The summed E-state index contributed by atoms with van der Waals surface area (Å²) in [6.45, 7) is 7.67. The summed E-state index contributed by atoms with van der Waals surface area (Å²) in [6.07, 6.45) is 7.74. The summed E-state index contributed by atoms with van der Waals surface area (Å²) >= 11 is 0. The molecule has 1 aromatic carbocycles. The molecule has 0 spiro atoms. The van der Waals surface area contributed by atoms with Crippen LogP contribution >= 0.6 is 0 Å². The lowest BCUT2D eigenvalue weighted by Crippen LogP contribution is -2.20. The Morgan fingerprint density at radius 1 is 1.18 bits per heavy atom. The molecule has 1 saturated carbocycles. The van der Waals surface area contributed by atoms with Gasteiger partial charge in [0.25, 0.3) is 0 Å². The van der Waals surface area contributed by atoms with Crippen LogP contribution in [0.15, 0.2) is 28.9 Å². The molecule has 5 rings (SSSR count). The van der Waals surface area contributed by atoms with Crippen LogP contribution in [0.2, 0.25) is 0 Å². The molecule has 1 aliphatic carbocycles. The number of aromatic nitrogens is 3. The number of hydrogen-bond acceptors (Lipinski definition) is 10. The monoisotopic (exact) mass is 550 g/mol. The molecule has 1 saturated heterocycles. The number of non-ortho nitro benzene ring substituents is 1. The predicted octanol–water partition coefficient (Wildman–Crippen LogP) is 6.04. The maximum absolute atomic E-state index is 13.1. The van der Waals surface area contributed by atoms with Gasteiger partial charge in [0.1, 0.15) is 5.69 Å². The van der Waals surface area contributed by atoms with Gasteiger partial charge < -0.3 is 15.0 Å². The summed E-state index contributed by atoms with van der Waals surface area (Å²) in [5.41, 5.74) is 2.45. The Hall–Kier alpha value is -3.76. The average Bonchev–Trinajstić information content (AvgIpc) is 3.36. The Labute approximate surface area is 233 Å². The summed E-state index contributed by atoms with van der Waals surface area (Å²) in [5.74, 6) is 2.03. The first-order chi connectivity index (χ1) is 19.4. The van der Waals surface area contributed by atoms with Crippen molar-refractivity contribution in [2.45, 2.75) is 65.2 Å². The van der Waals surface area contributed by atoms with Gasteiger partial charge >= 0.3 is 5.69 Å². The van der Waals surface area contributed by atoms with Gasteiger partial charge in [-0.05, 0) is 91.2 Å². The normalized spacial score (nSPS) is 16.0. The molecule has 11 heteroatoms. The molecule has 1 atom stereocenters. The van der Waals surface area contributed by atoms with Gasteiger partial charge in [0, 0.05) is 32.1 Å². The van der Waals surface area contributed by atoms with E-state index in [0.717, 1.165) is 38.0 Å². The number of pyridine rings is 1. The molecule has 0 amide bonds. The van der Waals surface area contributed by atoms with E-state index in [1.54, 1.807) is 6.07 Å². The van der Waals surface area contributed by atoms with Crippen molar-refractivity contribution in [1.29, 1.82) is 0 Å². The number of anilines is 2. The molecule has 2 aliphatic rings. The first kappa shape index (κ1) is 27.8. The Balaban J connectivity index is 1.19. The molecule has 0 bridgehead atoms. The number of fused-ring (bicyclic) bond motifs is 1. The van der Waals surface area contributed by atoms with Gasteiger partial charge in [-0.1, -0.05) is 13.8 Å². The minimum Gasteiger partial charge on any atom is -0.476 e. The Kier molecular flexibility index (Phi) is 8.76. The van der Waals surface area contributed by atoms with Gasteiger partial charge in [-0.3, -0.25) is 14.9 Å². The zero-order valence-electron chi connectivity index (χ0n) is 23.3. The molecule has 214 valence electrons. The molecule has 2 aromatic heterocycles. The van der Waals surface area contributed by atoms with Crippen molar-refractivity contribution < 1.29 is 19.1 Å². The van der Waals surface area contributed by atoms with Crippen LogP contribution < -0.4 is 15.0 Å². The number of ketones is 1. The Morgan fingerprint density at radius 2 is 1.95 bits per heavy atom. The molecule has 3 aromatic rings. The number of rotatable bonds is 15. The van der Waals surface area contributed by atoms with E-state index >= 15 is 0 Å². The van der Waals surface area contributed by atoms with Crippen LogP contribution in [-0.2, 0) is 0 Å². The van der Waals surface area contributed by atoms with Crippen LogP contribution in [0.3, 0.4) is 0 Å². The van der Waals surface area contributed by atoms with Crippen molar-refractivity contribution in [3.05, 3.63) is 40.1 Å². The summed E-state index contributed by atoms with van der Waals surface area (Å²) in [5, 5.41) is 22.2. The van der Waals surface area contributed by atoms with E-state index in [9.17, 15) is 14.9 Å². The summed E-state index contributed by atoms with van der Waals surface area (Å²) in [6, 6.07) is 6.90. The van der Waals surface area contributed by atoms with Crippen molar-refractivity contribution in [3.8, 4) is 5.88 Å². The maximum atomic E-state index is 13.1. The molecule has 1 unspecified atom stereocenters. The predicted molar refractivity (Wildman–Crippen MR) is 152 cm³/mol. The van der Waals surface area contributed by atoms with E-state index in [-0.39, 0.29) is 17.0 Å². The minimum absolute atomic E-state index is 0.0336. The lowest BCUT2D eigenvalue weighted by atomic mass is 9.91. The molecular weight excluding hydrogens is 512 g/mol. The van der Waals surface area contributed by atoms with E-state index in [1.165, 1.54) is 31.7 Å². The number of ether oxygens (including phenoxy) is 1. The fraction of sp³-hybridized carbons (Fsp3) is 0.586. The van der Waals surface area contributed by atoms with E-state index in [0.29, 0.717) is 60.1 Å². The van der Waals surface area contributed by atoms with Gasteiger partial charge in [0.15, 0.2) is 11.3 Å². The number of nitrogens with zero attached hydrogens (tertiary/aromatic N) is 5. The third-order valence-electron chi connectivity index (χ3n) is 7.72. The first-order valence-corrected chi connectivity index (χ1v) is 14.4. The van der Waals surface area contributed by atoms with Crippen LogP contribution in [0.25, 0.3) is 11.0 Å². The number of nitrogens with one attached hydrogen (secondary N) is 1. The fourth-order valence-electron chi connectivity index (χ4n) is 5.42. The highest BCUT2D eigenvalue weighted by Gasteiger charge is 2.25. The maximum Gasteiger partial charge on any atom is 0.300 e. The van der Waals surface area contributed by atoms with Crippen molar-refractivity contribution in [2.24, 2.45) is 17.8 Å². The van der Waals surface area contributed by atoms with E-state index in [2.05, 4.69) is 39.4 Å². The second kappa shape index (κ2) is 12.6. The van der Waals surface area contributed by atoms with Crippen molar-refractivity contribution in [1.82, 2.24) is 15.3 Å². The van der Waals surface area contributed by atoms with Crippen LogP contribution in [-0.4, -0.2) is 52.2 Å². The van der Waals surface area contributed by atoms with Gasteiger partial charge in [-0.25, -0.2) is 9.61 Å². The second-order valence-corrected chi connectivity index (χ2v) is 11.5. The van der Waals surface area contributed by atoms with E-state index in [1.807, 2.05) is 12.1 Å². The van der Waals surface area contributed by atoms with Gasteiger partial charge in [-0.2, -0.15) is 0 Å². The highest BCUT2D eigenvalue weighted by Crippen LogP contribution is 2.34. The summed E-state index contributed by atoms with van der Waals surface area (Å²) in [4.78, 5) is 30.9. The number of carbonyl (C=O) groups is 1. The van der Waals surface area contributed by atoms with Crippen molar-refractivity contribution in [3.63, 3.8) is 0 Å². The van der Waals surface area contributed by atoms with Gasteiger partial charge in [0.05, 0.1) is 22.9 Å². The lowest BCUT2D eigenvalue weighted by Gasteiger charge is -2.21. The van der Waals surface area contributed by atoms with Gasteiger partial charge in [-0.15, -0.1) is 0 Å². The molecule has 3 heterocycles. The fourth-order valence-corrected chi connectivity index (χ4v) is 5.42. The Bertz CT molecular complexity index is 1330.